The van der Waals surface area contributed by atoms with Crippen molar-refractivity contribution in [1.82, 2.24) is 19.9 Å². The second kappa shape index (κ2) is 20.6. The molecule has 62 heavy (non-hydrogen) atoms. The lowest BCUT2D eigenvalue weighted by Crippen LogP contribution is -2.15. The zero-order valence-corrected chi connectivity index (χ0v) is 34.6. The molecule has 4 aromatic heterocycles. The van der Waals surface area contributed by atoms with Crippen molar-refractivity contribution in [2.24, 2.45) is 0 Å². The maximum absolute atomic E-state index is 14.9. The zero-order valence-electron chi connectivity index (χ0n) is 33.1. The van der Waals surface area contributed by atoms with E-state index in [1.807, 2.05) is 57.2 Å². The number of hydrogen-bond donors (Lipinski definition) is 4. The number of aromatic hydroxyl groups is 2. The molecule has 0 spiro atoms. The van der Waals surface area contributed by atoms with Gasteiger partial charge in [-0.3, -0.25) is 14.8 Å². The van der Waals surface area contributed by atoms with Crippen LogP contribution in [0.2, 0.25) is 10.0 Å². The first kappa shape index (κ1) is 46.2. The average Bonchev–Trinajstić information content (AvgIpc) is 3.24. The first-order valence-electron chi connectivity index (χ1n) is 18.4. The minimum Gasteiger partial charge on any atom is -0.506 e. The van der Waals surface area contributed by atoms with Gasteiger partial charge in [-0.25, -0.2) is 18.7 Å². The summed E-state index contributed by atoms with van der Waals surface area (Å²) in [5.41, 5.74) is 8.53. The lowest BCUT2D eigenvalue weighted by atomic mass is 9.95. The van der Waals surface area contributed by atoms with Crippen LogP contribution < -0.4 is 11.1 Å². The molecule has 5 N–H and O–H groups in total. The van der Waals surface area contributed by atoms with E-state index in [0.717, 1.165) is 33.5 Å². The van der Waals surface area contributed by atoms with Crippen molar-refractivity contribution in [2.75, 3.05) is 11.1 Å². The van der Waals surface area contributed by atoms with Crippen LogP contribution in [0.25, 0.3) is 21.8 Å². The Kier molecular flexibility index (Phi) is 15.3. The van der Waals surface area contributed by atoms with Crippen molar-refractivity contribution in [1.29, 1.82) is 0 Å². The van der Waals surface area contributed by atoms with Gasteiger partial charge in [0, 0.05) is 46.7 Å². The van der Waals surface area contributed by atoms with E-state index >= 15 is 0 Å². The molecule has 8 rings (SSSR count). The molecule has 0 aliphatic rings. The van der Waals surface area contributed by atoms with Crippen LogP contribution in [0.3, 0.4) is 0 Å². The number of rotatable bonds is 5. The lowest BCUT2D eigenvalue weighted by molar-refractivity contribution is -0.137. The van der Waals surface area contributed by atoms with E-state index in [2.05, 4.69) is 25.3 Å². The molecule has 1 atom stereocenters. The smallest absolute Gasteiger partial charge is 0.416 e. The highest BCUT2D eigenvalue weighted by Crippen LogP contribution is 2.37. The van der Waals surface area contributed by atoms with Gasteiger partial charge >= 0.3 is 6.18 Å². The van der Waals surface area contributed by atoms with Crippen molar-refractivity contribution in [3.05, 3.63) is 189 Å². The Morgan fingerprint density at radius 2 is 1.31 bits per heavy atom. The molecule has 0 saturated heterocycles. The maximum Gasteiger partial charge on any atom is 0.416 e. The summed E-state index contributed by atoms with van der Waals surface area (Å²) in [5, 5.41) is 26.5. The molecule has 4 aromatic carbocycles. The molecular formula is C46H37Cl2F5N6O3. The molecule has 16 heteroatoms. The number of hydrogen-bond acceptors (Lipinski definition) is 9. The molecule has 0 amide bonds. The van der Waals surface area contributed by atoms with Gasteiger partial charge in [0.2, 0.25) is 0 Å². The standard InChI is InChI=1S/C23H19ClFN3O.C9H7NO.C8H4F4O.C6H7ClN2/c1-13-5-7-16(19(25)10-13)22(28-20-11-14(2)18(24)12-27-20)17-8-6-15-4-3-9-26-21(15)23(17)29;11-8-5-1-3-7-4-2-6-10-9(7)8;9-7-3-6(8(10,11)12)2-1-5(7)4-13;1-4-2-6(8)9-3-5(4)7/h3-12,22,29H,1-2H3,(H,27,28);1-6,11H;1-4H;2-3H,1H3,(H2,8,9). The fourth-order valence-corrected chi connectivity index (χ4v) is 5.99. The normalized spacial score (nSPS) is 11.3. The Morgan fingerprint density at radius 1 is 0.694 bits per heavy atom. The molecule has 0 bridgehead atoms. The number of alkyl halides is 3. The fourth-order valence-electron chi connectivity index (χ4n) is 5.78. The van der Waals surface area contributed by atoms with Crippen molar-refractivity contribution >= 4 is 62.9 Å². The third-order valence-electron chi connectivity index (χ3n) is 9.03. The number of anilines is 2. The summed E-state index contributed by atoms with van der Waals surface area (Å²) in [5.74, 6) is -0.248. The first-order valence-corrected chi connectivity index (χ1v) is 19.2. The van der Waals surface area contributed by atoms with E-state index < -0.39 is 23.6 Å². The highest BCUT2D eigenvalue weighted by Gasteiger charge is 2.31. The predicted molar refractivity (Wildman–Crippen MR) is 233 cm³/mol. The van der Waals surface area contributed by atoms with Crippen LogP contribution in [-0.4, -0.2) is 36.4 Å². The van der Waals surface area contributed by atoms with E-state index in [4.69, 9.17) is 28.9 Å². The first-order chi connectivity index (χ1) is 29.5. The monoisotopic (exact) mass is 886 g/mol. The van der Waals surface area contributed by atoms with E-state index in [1.54, 1.807) is 67.3 Å². The molecule has 1 unspecified atom stereocenters. The van der Waals surface area contributed by atoms with Gasteiger partial charge in [0.15, 0.2) is 6.29 Å². The summed E-state index contributed by atoms with van der Waals surface area (Å²) in [6, 6.07) is 26.1. The van der Waals surface area contributed by atoms with Crippen LogP contribution in [0, 0.1) is 32.4 Å². The Hall–Kier alpha value is -6.90. The van der Waals surface area contributed by atoms with Crippen LogP contribution in [0.1, 0.15) is 49.8 Å². The summed E-state index contributed by atoms with van der Waals surface area (Å²) in [4.78, 5) is 26.5. The van der Waals surface area contributed by atoms with Gasteiger partial charge in [-0.05, 0) is 92.1 Å². The summed E-state index contributed by atoms with van der Waals surface area (Å²) < 4.78 is 63.4. The number of nitrogens with zero attached hydrogens (tertiary/aromatic N) is 4. The SMILES string of the molecule is Cc1cc(N)ncc1Cl.Cc1ccc(C(Nc2cc(C)c(Cl)cn2)c2ccc3cccnc3c2O)c(F)c1.O=Cc1ccc(C(F)(F)F)cc1F.Oc1cccc2cccnc12. The summed E-state index contributed by atoms with van der Waals surface area (Å²) in [7, 11) is 0. The number of carbonyl (C=O) groups excluding carboxylic acids is 1. The van der Waals surface area contributed by atoms with Crippen molar-refractivity contribution in [2.45, 2.75) is 33.0 Å². The number of phenolic OH excluding ortho intramolecular Hbond substituents is 2. The summed E-state index contributed by atoms with van der Waals surface area (Å²) in [6.07, 6.45) is 1.96. The number of benzene rings is 4. The molecule has 8 aromatic rings. The average molecular weight is 888 g/mol. The number of aldehydes is 1. The van der Waals surface area contributed by atoms with Crippen LogP contribution in [0.15, 0.2) is 128 Å². The predicted octanol–water partition coefficient (Wildman–Crippen LogP) is 12.2. The molecule has 318 valence electrons. The van der Waals surface area contributed by atoms with Crippen molar-refractivity contribution in [3.63, 3.8) is 0 Å². The third kappa shape index (κ3) is 11.9. The van der Waals surface area contributed by atoms with Crippen LogP contribution in [0.5, 0.6) is 11.5 Å². The molecule has 0 aliphatic carbocycles. The molecule has 0 saturated carbocycles. The molecule has 9 nitrogen and oxygen atoms in total. The van der Waals surface area contributed by atoms with Gasteiger partial charge in [-0.2, -0.15) is 13.2 Å². The number of pyridine rings is 4. The number of phenols is 2. The van der Waals surface area contributed by atoms with E-state index in [-0.39, 0.29) is 29.2 Å². The number of para-hydroxylation sites is 1. The topological polar surface area (TPSA) is 147 Å². The molecule has 4 heterocycles. The van der Waals surface area contributed by atoms with E-state index in [1.165, 1.54) is 6.07 Å². The molecule has 0 aliphatic heterocycles. The maximum atomic E-state index is 14.9. The molecule has 0 fully saturated rings. The van der Waals surface area contributed by atoms with Gasteiger partial charge in [0.05, 0.1) is 27.2 Å². The molecule has 0 radical (unpaired) electrons. The summed E-state index contributed by atoms with van der Waals surface area (Å²) in [6.45, 7) is 5.59. The van der Waals surface area contributed by atoms with Gasteiger partial charge in [0.1, 0.15) is 45.8 Å². The van der Waals surface area contributed by atoms with E-state index in [9.17, 15) is 37.0 Å². The third-order valence-corrected chi connectivity index (χ3v) is 9.82. The fraction of sp³-hybridized carbons (Fsp3) is 0.109. The summed E-state index contributed by atoms with van der Waals surface area (Å²) >= 11 is 11.7. The Bertz CT molecular complexity index is 2840. The van der Waals surface area contributed by atoms with Crippen molar-refractivity contribution < 1.29 is 37.0 Å². The lowest BCUT2D eigenvalue weighted by Gasteiger charge is -2.23. The number of nitrogens with two attached hydrogens (primary N) is 1. The van der Waals surface area contributed by atoms with Crippen molar-refractivity contribution in [3.8, 4) is 11.5 Å². The zero-order chi connectivity index (χ0) is 45.1. The Labute approximate surface area is 362 Å². The van der Waals surface area contributed by atoms with Gasteiger partial charge in [-0.15, -0.1) is 0 Å². The Balaban J connectivity index is 0.000000180. The largest absolute Gasteiger partial charge is 0.506 e. The van der Waals surface area contributed by atoms with Gasteiger partial charge in [0.25, 0.3) is 0 Å². The number of aromatic nitrogens is 4. The van der Waals surface area contributed by atoms with Gasteiger partial charge < -0.3 is 21.3 Å². The number of nitrogens with one attached hydrogen (secondary N) is 1. The van der Waals surface area contributed by atoms with E-state index in [0.29, 0.717) is 56.0 Å². The highest BCUT2D eigenvalue weighted by molar-refractivity contribution is 6.31. The number of aryl methyl sites for hydroxylation is 3. The quantitative estimate of drug-likeness (QED) is 0.0979. The molecular weight excluding hydrogens is 850 g/mol. The Morgan fingerprint density at radius 3 is 1.89 bits per heavy atom. The van der Waals surface area contributed by atoms with Crippen LogP contribution in [-0.2, 0) is 6.18 Å². The van der Waals surface area contributed by atoms with Crippen LogP contribution in [0.4, 0.5) is 33.6 Å². The minimum atomic E-state index is -4.58. The second-order valence-electron chi connectivity index (χ2n) is 13.6. The number of fused-ring (bicyclic) bond motifs is 2. The van der Waals surface area contributed by atoms with Crippen LogP contribution >= 0.6 is 23.2 Å². The minimum absolute atomic E-state index is 0.00580. The number of halogens is 7. The highest BCUT2D eigenvalue weighted by atomic mass is 35.5. The second-order valence-corrected chi connectivity index (χ2v) is 14.4. The number of carbonyl (C=O) groups is 1. The number of nitrogen functional groups attached to an aromatic ring is 1. The van der Waals surface area contributed by atoms with Gasteiger partial charge in [-0.1, -0.05) is 71.7 Å².